The number of hydrogen-bond acceptors (Lipinski definition) is 1. The monoisotopic (exact) mass is 280 g/mol. The molecule has 0 aliphatic heterocycles. The quantitative estimate of drug-likeness (QED) is 0.420. The van der Waals surface area contributed by atoms with Crippen LogP contribution in [0.3, 0.4) is 0 Å². The molecule has 0 fully saturated rings. The third-order valence-corrected chi connectivity index (χ3v) is 3.16. The van der Waals surface area contributed by atoms with Crippen LogP contribution in [0.2, 0.25) is 0 Å². The molecule has 0 amide bonds. The molecule has 2 aromatic carbocycles. The van der Waals surface area contributed by atoms with Crippen LogP contribution in [-0.4, -0.2) is 12.3 Å². The van der Waals surface area contributed by atoms with Crippen molar-refractivity contribution in [3.8, 4) is 0 Å². The van der Waals surface area contributed by atoms with Crippen molar-refractivity contribution in [3.05, 3.63) is 83.0 Å². The summed E-state index contributed by atoms with van der Waals surface area (Å²) in [7, 11) is 0. The van der Waals surface area contributed by atoms with Gasteiger partial charge in [-0.15, -0.1) is 0 Å². The summed E-state index contributed by atoms with van der Waals surface area (Å²) >= 11 is 0. The molecular formula is C18H17FN2. The second kappa shape index (κ2) is 7.96. The highest BCUT2D eigenvalue weighted by Crippen LogP contribution is 2.11. The molecule has 0 aliphatic rings. The van der Waals surface area contributed by atoms with Crippen LogP contribution >= 0.6 is 0 Å². The van der Waals surface area contributed by atoms with E-state index in [0.717, 1.165) is 29.7 Å². The van der Waals surface area contributed by atoms with Crippen LogP contribution in [0.4, 0.5) is 4.39 Å². The third-order valence-electron chi connectivity index (χ3n) is 3.16. The lowest BCUT2D eigenvalue weighted by Crippen LogP contribution is -2.03. The number of aliphatic imine (C=N–C) groups is 1. The van der Waals surface area contributed by atoms with Crippen molar-refractivity contribution in [1.82, 2.24) is 0 Å². The van der Waals surface area contributed by atoms with Gasteiger partial charge in [0.2, 0.25) is 6.54 Å². The lowest BCUT2D eigenvalue weighted by atomic mass is 10.1. The molecule has 2 nitrogen and oxygen atoms in total. The van der Waals surface area contributed by atoms with E-state index >= 15 is 0 Å². The Labute approximate surface area is 124 Å². The summed E-state index contributed by atoms with van der Waals surface area (Å²) < 4.78 is 13.0. The van der Waals surface area contributed by atoms with Gasteiger partial charge < -0.3 is 4.85 Å². The SMILES string of the molecule is [C-]#[N+]CCCC(=NCc1ccccc1)c1ccc(F)cc1. The van der Waals surface area contributed by atoms with Crippen LogP contribution in [0.15, 0.2) is 59.6 Å². The molecule has 21 heavy (non-hydrogen) atoms. The zero-order valence-corrected chi connectivity index (χ0v) is 11.8. The second-order valence-electron chi connectivity index (χ2n) is 4.74. The van der Waals surface area contributed by atoms with E-state index in [-0.39, 0.29) is 5.82 Å². The summed E-state index contributed by atoms with van der Waals surface area (Å²) in [5, 5.41) is 0. The van der Waals surface area contributed by atoms with Gasteiger partial charge in [-0.2, -0.15) is 0 Å². The Kier molecular flexibility index (Phi) is 5.66. The van der Waals surface area contributed by atoms with Crippen molar-refractivity contribution in [1.29, 1.82) is 0 Å². The van der Waals surface area contributed by atoms with E-state index in [1.807, 2.05) is 30.3 Å². The summed E-state index contributed by atoms with van der Waals surface area (Å²) in [4.78, 5) is 8.03. The lowest BCUT2D eigenvalue weighted by Gasteiger charge is -2.06. The Morgan fingerprint density at radius 1 is 1.05 bits per heavy atom. The van der Waals surface area contributed by atoms with E-state index < -0.39 is 0 Å². The van der Waals surface area contributed by atoms with E-state index in [1.165, 1.54) is 12.1 Å². The van der Waals surface area contributed by atoms with E-state index in [2.05, 4.69) is 9.84 Å². The highest BCUT2D eigenvalue weighted by Gasteiger charge is 2.05. The van der Waals surface area contributed by atoms with E-state index in [0.29, 0.717) is 13.1 Å². The van der Waals surface area contributed by atoms with Crippen molar-refractivity contribution in [3.63, 3.8) is 0 Å². The van der Waals surface area contributed by atoms with Crippen molar-refractivity contribution in [2.45, 2.75) is 19.4 Å². The fourth-order valence-corrected chi connectivity index (χ4v) is 2.05. The minimum atomic E-state index is -0.248. The van der Waals surface area contributed by atoms with Crippen LogP contribution < -0.4 is 0 Å². The number of benzene rings is 2. The van der Waals surface area contributed by atoms with Gasteiger partial charge in [0.15, 0.2) is 0 Å². The normalized spacial score (nSPS) is 11.1. The fraction of sp³-hybridized carbons (Fsp3) is 0.222. The molecule has 0 aromatic heterocycles. The van der Waals surface area contributed by atoms with Crippen molar-refractivity contribution < 1.29 is 4.39 Å². The summed E-state index contributed by atoms with van der Waals surface area (Å²) in [6.07, 6.45) is 1.51. The molecular weight excluding hydrogens is 263 g/mol. The molecule has 0 N–H and O–H groups in total. The van der Waals surface area contributed by atoms with Gasteiger partial charge in [0.05, 0.1) is 6.54 Å². The van der Waals surface area contributed by atoms with Gasteiger partial charge in [0.1, 0.15) is 5.82 Å². The zero-order chi connectivity index (χ0) is 14.9. The molecule has 106 valence electrons. The molecule has 3 heteroatoms. The van der Waals surface area contributed by atoms with Crippen molar-refractivity contribution in [2.24, 2.45) is 4.99 Å². The van der Waals surface area contributed by atoms with Gasteiger partial charge in [-0.1, -0.05) is 42.5 Å². The Morgan fingerprint density at radius 3 is 2.43 bits per heavy atom. The second-order valence-corrected chi connectivity index (χ2v) is 4.74. The Bertz CT molecular complexity index is 625. The molecule has 2 rings (SSSR count). The number of halogens is 1. The van der Waals surface area contributed by atoms with Crippen LogP contribution in [-0.2, 0) is 6.54 Å². The van der Waals surface area contributed by atoms with Gasteiger partial charge in [-0.3, -0.25) is 4.99 Å². The molecule has 0 bridgehead atoms. The highest BCUT2D eigenvalue weighted by molar-refractivity contribution is 6.00. The van der Waals surface area contributed by atoms with Crippen LogP contribution in [0.25, 0.3) is 4.85 Å². The maximum atomic E-state index is 13.0. The summed E-state index contributed by atoms with van der Waals surface area (Å²) in [5.74, 6) is -0.248. The molecule has 0 saturated heterocycles. The molecule has 0 aliphatic carbocycles. The predicted molar refractivity (Wildman–Crippen MR) is 83.8 cm³/mol. The van der Waals surface area contributed by atoms with E-state index in [9.17, 15) is 4.39 Å². The lowest BCUT2D eigenvalue weighted by molar-refractivity contribution is 0.627. The maximum Gasteiger partial charge on any atom is 0.215 e. The summed E-state index contributed by atoms with van der Waals surface area (Å²) in [5.41, 5.74) is 3.00. The first-order valence-corrected chi connectivity index (χ1v) is 6.96. The van der Waals surface area contributed by atoms with Crippen LogP contribution in [0.5, 0.6) is 0 Å². The van der Waals surface area contributed by atoms with Crippen LogP contribution in [0, 0.1) is 12.4 Å². The molecule has 0 heterocycles. The van der Waals surface area contributed by atoms with Gasteiger partial charge in [0, 0.05) is 12.1 Å². The third kappa shape index (κ3) is 4.85. The Hall–Kier alpha value is -2.47. The standard InChI is InChI=1S/C18H17FN2/c1-20-13-5-8-18(16-9-11-17(19)12-10-16)21-14-15-6-3-2-4-7-15/h2-4,6-7,9-12H,5,8,13-14H2. The first-order chi connectivity index (χ1) is 10.3. The number of rotatable bonds is 6. The minimum absolute atomic E-state index is 0.248. The van der Waals surface area contributed by atoms with E-state index in [4.69, 9.17) is 6.57 Å². The average molecular weight is 280 g/mol. The first kappa shape index (κ1) is 14.9. The van der Waals surface area contributed by atoms with Crippen molar-refractivity contribution in [2.75, 3.05) is 6.54 Å². The summed E-state index contributed by atoms with van der Waals surface area (Å²) in [6.45, 7) is 7.95. The molecule has 0 spiro atoms. The van der Waals surface area contributed by atoms with Crippen LogP contribution in [0.1, 0.15) is 24.0 Å². The van der Waals surface area contributed by atoms with Gasteiger partial charge in [0.25, 0.3) is 0 Å². The molecule has 0 unspecified atom stereocenters. The van der Waals surface area contributed by atoms with E-state index in [1.54, 1.807) is 12.1 Å². The fourth-order valence-electron chi connectivity index (χ4n) is 2.05. The average Bonchev–Trinajstić information content (AvgIpc) is 2.53. The molecule has 0 saturated carbocycles. The zero-order valence-electron chi connectivity index (χ0n) is 11.8. The topological polar surface area (TPSA) is 16.7 Å². The number of nitrogens with zero attached hydrogens (tertiary/aromatic N) is 2. The van der Waals surface area contributed by atoms with Gasteiger partial charge in [-0.25, -0.2) is 11.0 Å². The highest BCUT2D eigenvalue weighted by atomic mass is 19.1. The molecule has 0 radical (unpaired) electrons. The number of hydrogen-bond donors (Lipinski definition) is 0. The maximum absolute atomic E-state index is 13.0. The molecule has 2 aromatic rings. The Balaban J connectivity index is 2.15. The molecule has 0 atom stereocenters. The Morgan fingerprint density at radius 2 is 1.76 bits per heavy atom. The van der Waals surface area contributed by atoms with Gasteiger partial charge >= 0.3 is 0 Å². The predicted octanol–water partition coefficient (Wildman–Crippen LogP) is 4.51. The largest absolute Gasteiger partial charge is 0.317 e. The minimum Gasteiger partial charge on any atom is -0.317 e. The van der Waals surface area contributed by atoms with Crippen molar-refractivity contribution >= 4 is 5.71 Å². The smallest absolute Gasteiger partial charge is 0.215 e. The van der Waals surface area contributed by atoms with Gasteiger partial charge in [-0.05, 0) is 29.7 Å². The summed E-state index contributed by atoms with van der Waals surface area (Å²) in [6, 6.07) is 16.4. The first-order valence-electron chi connectivity index (χ1n) is 6.96.